The fourth-order valence-corrected chi connectivity index (χ4v) is 3.11. The molecule has 0 heterocycles. The van der Waals surface area contributed by atoms with Gasteiger partial charge < -0.3 is 10.8 Å². The van der Waals surface area contributed by atoms with Crippen LogP contribution in [0.25, 0.3) is 0 Å². The zero-order valence-corrected chi connectivity index (χ0v) is 16.0. The normalized spacial score (nSPS) is 10.4. The van der Waals surface area contributed by atoms with Crippen LogP contribution in [0, 0.1) is 0 Å². The minimum atomic E-state index is 0. The Labute approximate surface area is 150 Å². The maximum absolute atomic E-state index is 3.49. The monoisotopic (exact) mass is 335 g/mol. The van der Waals surface area contributed by atoms with Gasteiger partial charge >= 0.3 is 0 Å². The predicted molar refractivity (Wildman–Crippen MR) is 109 cm³/mol. The van der Waals surface area contributed by atoms with Crippen LogP contribution in [-0.2, 0) is 0 Å². The van der Waals surface area contributed by atoms with Crippen molar-refractivity contribution in [1.82, 2.24) is 0 Å². The van der Waals surface area contributed by atoms with Gasteiger partial charge in [0.2, 0.25) is 0 Å². The SMILES string of the molecule is CCCCCCCCCCCCCCCCNc1ccccc1.O. The quantitative estimate of drug-likeness (QED) is 0.333. The van der Waals surface area contributed by atoms with Gasteiger partial charge in [0.15, 0.2) is 0 Å². The predicted octanol–water partition coefficient (Wildman–Crippen LogP) is 6.76. The Kier molecular flexibility index (Phi) is 17.5. The number of hydrogen-bond acceptors (Lipinski definition) is 1. The van der Waals surface area contributed by atoms with E-state index in [0.29, 0.717) is 0 Å². The lowest BCUT2D eigenvalue weighted by atomic mass is 10.0. The van der Waals surface area contributed by atoms with Gasteiger partial charge in [0.05, 0.1) is 0 Å². The average molecular weight is 336 g/mol. The van der Waals surface area contributed by atoms with Crippen molar-refractivity contribution in [2.45, 2.75) is 96.8 Å². The van der Waals surface area contributed by atoms with Crippen LogP contribution in [0.15, 0.2) is 30.3 Å². The lowest BCUT2D eigenvalue weighted by Gasteiger charge is -2.06. The first-order valence-electron chi connectivity index (χ1n) is 10.2. The van der Waals surface area contributed by atoms with Gasteiger partial charge in [0.25, 0.3) is 0 Å². The van der Waals surface area contributed by atoms with Gasteiger partial charge in [-0.2, -0.15) is 0 Å². The molecule has 0 saturated carbocycles. The second-order valence-corrected chi connectivity index (χ2v) is 6.89. The first kappa shape index (κ1) is 23.0. The molecule has 24 heavy (non-hydrogen) atoms. The van der Waals surface area contributed by atoms with E-state index < -0.39 is 0 Å². The fraction of sp³-hybridized carbons (Fsp3) is 0.727. The van der Waals surface area contributed by atoms with Crippen molar-refractivity contribution in [2.24, 2.45) is 0 Å². The van der Waals surface area contributed by atoms with Crippen molar-refractivity contribution in [3.63, 3.8) is 0 Å². The summed E-state index contributed by atoms with van der Waals surface area (Å²) in [6.07, 6.45) is 20.0. The van der Waals surface area contributed by atoms with Crippen LogP contribution in [0.4, 0.5) is 5.69 Å². The Balaban J connectivity index is 0.00000529. The Morgan fingerprint density at radius 1 is 0.583 bits per heavy atom. The molecule has 0 spiro atoms. The molecule has 0 amide bonds. The third-order valence-electron chi connectivity index (χ3n) is 4.63. The molecule has 2 nitrogen and oxygen atoms in total. The van der Waals surface area contributed by atoms with Crippen molar-refractivity contribution in [2.75, 3.05) is 11.9 Å². The highest BCUT2D eigenvalue weighted by molar-refractivity contribution is 5.42. The summed E-state index contributed by atoms with van der Waals surface area (Å²) in [4.78, 5) is 0. The number of hydrogen-bond donors (Lipinski definition) is 1. The summed E-state index contributed by atoms with van der Waals surface area (Å²) in [5.41, 5.74) is 1.25. The molecule has 0 unspecified atom stereocenters. The molecule has 0 bridgehead atoms. The number of para-hydroxylation sites is 1. The first-order valence-corrected chi connectivity index (χ1v) is 10.2. The van der Waals surface area contributed by atoms with Crippen LogP contribution in [0.2, 0.25) is 0 Å². The smallest absolute Gasteiger partial charge is 0.0340 e. The topological polar surface area (TPSA) is 43.5 Å². The minimum absolute atomic E-state index is 0. The first-order chi connectivity index (χ1) is 11.4. The molecule has 0 aliphatic heterocycles. The molecule has 3 N–H and O–H groups in total. The molecule has 0 aliphatic rings. The summed E-state index contributed by atoms with van der Waals surface area (Å²) in [5, 5.41) is 3.49. The Hall–Kier alpha value is -1.02. The molecular weight excluding hydrogens is 294 g/mol. The second kappa shape index (κ2) is 18.3. The van der Waals surface area contributed by atoms with Crippen LogP contribution in [0.3, 0.4) is 0 Å². The van der Waals surface area contributed by atoms with E-state index in [2.05, 4.69) is 42.6 Å². The van der Waals surface area contributed by atoms with Crippen molar-refractivity contribution >= 4 is 5.69 Å². The third-order valence-corrected chi connectivity index (χ3v) is 4.63. The average Bonchev–Trinajstić information content (AvgIpc) is 2.59. The number of nitrogens with one attached hydrogen (secondary N) is 1. The largest absolute Gasteiger partial charge is 0.412 e. The van der Waals surface area contributed by atoms with Crippen molar-refractivity contribution in [1.29, 1.82) is 0 Å². The summed E-state index contributed by atoms with van der Waals surface area (Å²) < 4.78 is 0. The van der Waals surface area contributed by atoms with Crippen molar-refractivity contribution < 1.29 is 5.48 Å². The summed E-state index contributed by atoms with van der Waals surface area (Å²) in [6, 6.07) is 10.5. The highest BCUT2D eigenvalue weighted by atomic mass is 16.0. The molecule has 1 aromatic carbocycles. The van der Waals surface area contributed by atoms with Crippen LogP contribution in [-0.4, -0.2) is 12.0 Å². The van der Waals surface area contributed by atoms with Crippen LogP contribution in [0.1, 0.15) is 96.8 Å². The number of unbranched alkanes of at least 4 members (excludes halogenated alkanes) is 13. The Bertz CT molecular complexity index is 339. The fourth-order valence-electron chi connectivity index (χ4n) is 3.11. The zero-order chi connectivity index (χ0) is 16.4. The van der Waals surface area contributed by atoms with Crippen LogP contribution in [0.5, 0.6) is 0 Å². The molecule has 0 atom stereocenters. The van der Waals surface area contributed by atoms with Gasteiger partial charge in [-0.15, -0.1) is 0 Å². The van der Waals surface area contributed by atoms with E-state index in [1.54, 1.807) is 0 Å². The number of benzene rings is 1. The van der Waals surface area contributed by atoms with E-state index in [-0.39, 0.29) is 5.48 Å². The van der Waals surface area contributed by atoms with E-state index in [9.17, 15) is 0 Å². The molecule has 2 heteroatoms. The van der Waals surface area contributed by atoms with Crippen LogP contribution >= 0.6 is 0 Å². The van der Waals surface area contributed by atoms with E-state index in [0.717, 1.165) is 6.54 Å². The van der Waals surface area contributed by atoms with E-state index in [4.69, 9.17) is 0 Å². The standard InChI is InChI=1S/C22H39N.H2O/c1-2-3-4-5-6-7-8-9-10-11-12-13-14-18-21-23-22-19-16-15-17-20-22;/h15-17,19-20,23H,2-14,18,21H2,1H3;1H2. The second-order valence-electron chi connectivity index (χ2n) is 6.89. The molecule has 140 valence electrons. The van der Waals surface area contributed by atoms with E-state index >= 15 is 0 Å². The molecule has 1 aromatic rings. The Morgan fingerprint density at radius 3 is 1.46 bits per heavy atom. The van der Waals surface area contributed by atoms with Crippen LogP contribution < -0.4 is 5.32 Å². The summed E-state index contributed by atoms with van der Waals surface area (Å²) in [5.74, 6) is 0. The van der Waals surface area contributed by atoms with Gasteiger partial charge in [-0.1, -0.05) is 109 Å². The number of rotatable bonds is 16. The number of anilines is 1. The lowest BCUT2D eigenvalue weighted by molar-refractivity contribution is 0.537. The van der Waals surface area contributed by atoms with Crippen molar-refractivity contribution in [3.8, 4) is 0 Å². The highest BCUT2D eigenvalue weighted by Crippen LogP contribution is 2.13. The lowest BCUT2D eigenvalue weighted by Crippen LogP contribution is -2.00. The summed E-state index contributed by atoms with van der Waals surface area (Å²) in [7, 11) is 0. The van der Waals surface area contributed by atoms with Gasteiger partial charge in [-0.05, 0) is 18.6 Å². The van der Waals surface area contributed by atoms with Gasteiger partial charge in [0.1, 0.15) is 0 Å². The summed E-state index contributed by atoms with van der Waals surface area (Å²) in [6.45, 7) is 3.40. The third kappa shape index (κ3) is 14.6. The molecule has 0 aliphatic carbocycles. The van der Waals surface area contributed by atoms with Gasteiger partial charge in [0, 0.05) is 12.2 Å². The molecule has 1 rings (SSSR count). The summed E-state index contributed by atoms with van der Waals surface area (Å²) >= 11 is 0. The van der Waals surface area contributed by atoms with Crippen molar-refractivity contribution in [3.05, 3.63) is 30.3 Å². The van der Waals surface area contributed by atoms with Gasteiger partial charge in [-0.3, -0.25) is 0 Å². The molecule has 0 aromatic heterocycles. The van der Waals surface area contributed by atoms with Gasteiger partial charge in [-0.25, -0.2) is 0 Å². The molecular formula is C22H41NO. The maximum atomic E-state index is 3.49. The van der Waals surface area contributed by atoms with E-state index in [1.165, 1.54) is 95.6 Å². The van der Waals surface area contributed by atoms with E-state index in [1.807, 2.05) is 0 Å². The molecule has 0 radical (unpaired) electrons. The maximum Gasteiger partial charge on any atom is 0.0340 e. The Morgan fingerprint density at radius 2 is 1.00 bits per heavy atom. The zero-order valence-electron chi connectivity index (χ0n) is 16.0. The molecule has 0 fully saturated rings. The minimum Gasteiger partial charge on any atom is -0.412 e. The highest BCUT2D eigenvalue weighted by Gasteiger charge is 1.94. The molecule has 0 saturated heterocycles.